The molecule has 94 valence electrons. The van der Waals surface area contributed by atoms with Gasteiger partial charge in [-0.15, -0.1) is 11.3 Å². The molecular weight excluding hydrogens is 246 g/mol. The number of aromatic nitrogens is 1. The van der Waals surface area contributed by atoms with Crippen LogP contribution in [0.25, 0.3) is 10.6 Å². The van der Waals surface area contributed by atoms with Crippen molar-refractivity contribution >= 4 is 17.1 Å². The van der Waals surface area contributed by atoms with E-state index in [-0.39, 0.29) is 11.9 Å². The average Bonchev–Trinajstić information content (AvgIpc) is 2.77. The molecule has 2 aromatic rings. The van der Waals surface area contributed by atoms with Crippen molar-refractivity contribution in [2.24, 2.45) is 0 Å². The Morgan fingerprint density at radius 3 is 2.78 bits per heavy atom. The molecule has 0 unspecified atom stereocenters. The van der Waals surface area contributed by atoms with Gasteiger partial charge in [0.15, 0.2) is 5.78 Å². The summed E-state index contributed by atoms with van der Waals surface area (Å²) in [5, 5.41) is 2.63. The van der Waals surface area contributed by atoms with E-state index in [9.17, 15) is 4.79 Å². The number of benzene rings is 1. The molecule has 3 nitrogen and oxygen atoms in total. The van der Waals surface area contributed by atoms with E-state index in [0.29, 0.717) is 5.69 Å². The van der Waals surface area contributed by atoms with Crippen LogP contribution in [0.15, 0.2) is 29.6 Å². The molecule has 0 spiro atoms. The Balaban J connectivity index is 2.29. The topological polar surface area (TPSA) is 39.2 Å². The Morgan fingerprint density at radius 2 is 2.17 bits per heavy atom. The van der Waals surface area contributed by atoms with Crippen LogP contribution in [-0.2, 0) is 0 Å². The van der Waals surface area contributed by atoms with Crippen LogP contribution in [0.1, 0.15) is 31.3 Å². The molecule has 0 saturated carbocycles. The molecule has 0 radical (unpaired) electrons. The largest absolute Gasteiger partial charge is 0.491 e. The van der Waals surface area contributed by atoms with Gasteiger partial charge in [0.05, 0.1) is 6.10 Å². The van der Waals surface area contributed by atoms with Crippen LogP contribution < -0.4 is 4.74 Å². The zero-order valence-electron chi connectivity index (χ0n) is 10.6. The fourth-order valence-electron chi connectivity index (χ4n) is 1.54. The molecule has 0 fully saturated rings. The molecule has 1 aromatic carbocycles. The lowest BCUT2D eigenvalue weighted by molar-refractivity contribution is 0.101. The third kappa shape index (κ3) is 2.96. The van der Waals surface area contributed by atoms with E-state index in [1.807, 2.05) is 38.1 Å². The van der Waals surface area contributed by atoms with Crippen LogP contribution in [0.5, 0.6) is 5.75 Å². The van der Waals surface area contributed by atoms with E-state index in [1.54, 1.807) is 5.38 Å². The Labute approximate surface area is 110 Å². The van der Waals surface area contributed by atoms with Gasteiger partial charge in [-0.3, -0.25) is 4.79 Å². The van der Waals surface area contributed by atoms with Crippen molar-refractivity contribution in [3.05, 3.63) is 35.3 Å². The predicted octanol–water partition coefficient (Wildman–Crippen LogP) is 3.80. The fraction of sp³-hybridized carbons (Fsp3) is 0.286. The summed E-state index contributed by atoms with van der Waals surface area (Å²) in [7, 11) is 0. The first-order chi connectivity index (χ1) is 8.56. The Kier molecular flexibility index (Phi) is 3.77. The molecule has 1 aromatic heterocycles. The van der Waals surface area contributed by atoms with E-state index in [0.717, 1.165) is 16.3 Å². The van der Waals surface area contributed by atoms with E-state index < -0.39 is 0 Å². The molecule has 0 amide bonds. The fourth-order valence-corrected chi connectivity index (χ4v) is 2.40. The third-order valence-corrected chi connectivity index (χ3v) is 3.21. The highest BCUT2D eigenvalue weighted by molar-refractivity contribution is 7.13. The van der Waals surface area contributed by atoms with Gasteiger partial charge in [-0.05, 0) is 26.0 Å². The van der Waals surface area contributed by atoms with Gasteiger partial charge >= 0.3 is 0 Å². The van der Waals surface area contributed by atoms with E-state index in [4.69, 9.17) is 4.74 Å². The maximum Gasteiger partial charge on any atom is 0.178 e. The first-order valence-corrected chi connectivity index (χ1v) is 6.68. The van der Waals surface area contributed by atoms with Crippen molar-refractivity contribution in [2.45, 2.75) is 26.9 Å². The molecule has 0 bridgehead atoms. The minimum Gasteiger partial charge on any atom is -0.491 e. The number of carbonyl (C=O) groups is 1. The first kappa shape index (κ1) is 12.8. The minimum absolute atomic E-state index is 0.00733. The summed E-state index contributed by atoms with van der Waals surface area (Å²) < 4.78 is 5.64. The number of ether oxygens (including phenoxy) is 1. The number of rotatable bonds is 4. The molecule has 0 aliphatic heterocycles. The van der Waals surface area contributed by atoms with E-state index in [1.165, 1.54) is 18.3 Å². The normalized spacial score (nSPS) is 10.7. The van der Waals surface area contributed by atoms with E-state index in [2.05, 4.69) is 4.98 Å². The summed E-state index contributed by atoms with van der Waals surface area (Å²) in [6.45, 7) is 5.50. The number of Topliss-reactive ketones (excluding diaryl/α,β-unsaturated/α-hetero) is 1. The molecule has 2 rings (SSSR count). The quantitative estimate of drug-likeness (QED) is 0.786. The van der Waals surface area contributed by atoms with Crippen molar-refractivity contribution in [3.8, 4) is 16.3 Å². The van der Waals surface area contributed by atoms with Crippen LogP contribution in [0.2, 0.25) is 0 Å². The molecular formula is C14H15NO2S. The molecule has 0 aliphatic rings. The zero-order valence-corrected chi connectivity index (χ0v) is 11.5. The highest BCUT2D eigenvalue weighted by Gasteiger charge is 2.08. The highest BCUT2D eigenvalue weighted by atomic mass is 32.1. The molecule has 0 atom stereocenters. The van der Waals surface area contributed by atoms with Crippen molar-refractivity contribution in [3.63, 3.8) is 0 Å². The molecule has 18 heavy (non-hydrogen) atoms. The molecule has 4 heteroatoms. The average molecular weight is 261 g/mol. The SMILES string of the molecule is CC(=O)c1csc(-c2cccc(OC(C)C)c2)n1. The van der Waals surface area contributed by atoms with Gasteiger partial charge in [-0.25, -0.2) is 4.98 Å². The van der Waals surface area contributed by atoms with Crippen molar-refractivity contribution in [1.29, 1.82) is 0 Å². The number of hydrogen-bond donors (Lipinski definition) is 0. The molecule has 0 N–H and O–H groups in total. The summed E-state index contributed by atoms with van der Waals surface area (Å²) in [5.74, 6) is 0.814. The van der Waals surface area contributed by atoms with Crippen LogP contribution in [0.4, 0.5) is 0 Å². The summed E-state index contributed by atoms with van der Waals surface area (Å²) >= 11 is 1.47. The van der Waals surface area contributed by atoms with Crippen LogP contribution in [0.3, 0.4) is 0 Å². The number of ketones is 1. The second-order valence-electron chi connectivity index (χ2n) is 4.29. The number of thiazole rings is 1. The molecule has 0 aliphatic carbocycles. The second-order valence-corrected chi connectivity index (χ2v) is 5.15. The van der Waals surface area contributed by atoms with Gasteiger partial charge in [0, 0.05) is 17.9 Å². The van der Waals surface area contributed by atoms with Crippen LogP contribution in [-0.4, -0.2) is 16.9 Å². The summed E-state index contributed by atoms with van der Waals surface area (Å²) in [4.78, 5) is 15.5. The first-order valence-electron chi connectivity index (χ1n) is 5.80. The maximum absolute atomic E-state index is 11.2. The van der Waals surface area contributed by atoms with Crippen molar-refractivity contribution in [1.82, 2.24) is 4.98 Å². The maximum atomic E-state index is 11.2. The smallest absolute Gasteiger partial charge is 0.178 e. The lowest BCUT2D eigenvalue weighted by Gasteiger charge is -2.09. The highest BCUT2D eigenvalue weighted by Crippen LogP contribution is 2.27. The monoisotopic (exact) mass is 261 g/mol. The number of carbonyl (C=O) groups excluding carboxylic acids is 1. The lowest BCUT2D eigenvalue weighted by atomic mass is 10.2. The molecule has 0 saturated heterocycles. The van der Waals surface area contributed by atoms with Gasteiger partial charge in [0.2, 0.25) is 0 Å². The Hall–Kier alpha value is -1.68. The summed E-state index contributed by atoms with van der Waals surface area (Å²) in [6, 6.07) is 7.77. The number of hydrogen-bond acceptors (Lipinski definition) is 4. The van der Waals surface area contributed by atoms with Gasteiger partial charge in [-0.2, -0.15) is 0 Å². The predicted molar refractivity (Wildman–Crippen MR) is 73.3 cm³/mol. The molecule has 1 heterocycles. The van der Waals surface area contributed by atoms with Crippen molar-refractivity contribution < 1.29 is 9.53 Å². The Bertz CT molecular complexity index is 560. The summed E-state index contributed by atoms with van der Waals surface area (Å²) in [6.07, 6.45) is 0.143. The van der Waals surface area contributed by atoms with Crippen LogP contribution in [0, 0.1) is 0 Å². The Morgan fingerprint density at radius 1 is 1.39 bits per heavy atom. The standard InChI is InChI=1S/C14H15NO2S/c1-9(2)17-12-6-4-5-11(7-12)14-15-13(8-18-14)10(3)16/h4-9H,1-3H3. The number of nitrogens with zero attached hydrogens (tertiary/aromatic N) is 1. The van der Waals surface area contributed by atoms with Gasteiger partial charge in [0.1, 0.15) is 16.5 Å². The van der Waals surface area contributed by atoms with Crippen LogP contribution >= 0.6 is 11.3 Å². The zero-order chi connectivity index (χ0) is 13.1. The van der Waals surface area contributed by atoms with Gasteiger partial charge < -0.3 is 4.74 Å². The van der Waals surface area contributed by atoms with Crippen molar-refractivity contribution in [2.75, 3.05) is 0 Å². The van der Waals surface area contributed by atoms with Gasteiger partial charge in [0.25, 0.3) is 0 Å². The lowest BCUT2D eigenvalue weighted by Crippen LogP contribution is -2.05. The van der Waals surface area contributed by atoms with Gasteiger partial charge in [-0.1, -0.05) is 12.1 Å². The third-order valence-electron chi connectivity index (χ3n) is 2.32. The second kappa shape index (κ2) is 5.31. The minimum atomic E-state index is -0.00733. The van der Waals surface area contributed by atoms with E-state index >= 15 is 0 Å². The summed E-state index contributed by atoms with van der Waals surface area (Å²) in [5.41, 5.74) is 1.50.